The number of benzene rings is 1. The lowest BCUT2D eigenvalue weighted by Gasteiger charge is -2.31. The minimum atomic E-state index is 0.571. The number of para-hydroxylation sites is 1. The molecule has 3 aromatic rings. The maximum Gasteiger partial charge on any atom is 0.178 e. The van der Waals surface area contributed by atoms with E-state index in [-0.39, 0.29) is 0 Å². The van der Waals surface area contributed by atoms with Gasteiger partial charge in [-0.05, 0) is 30.7 Å². The van der Waals surface area contributed by atoms with Gasteiger partial charge in [0.25, 0.3) is 0 Å². The number of rotatable bonds is 2. The Labute approximate surface area is 144 Å². The normalized spacial score (nSPS) is 16.9. The highest BCUT2D eigenvalue weighted by Gasteiger charge is 2.23. The van der Waals surface area contributed by atoms with Crippen LogP contribution in [0.1, 0.15) is 12.2 Å². The van der Waals surface area contributed by atoms with Crippen LogP contribution in [0.15, 0.2) is 53.7 Å². The van der Waals surface area contributed by atoms with Crippen LogP contribution in [0.4, 0.5) is 5.69 Å². The summed E-state index contributed by atoms with van der Waals surface area (Å²) < 4.78 is 0. The minimum Gasteiger partial charge on any atom is -0.336 e. The van der Waals surface area contributed by atoms with Crippen LogP contribution in [0.3, 0.4) is 0 Å². The Hall–Kier alpha value is -2.78. The van der Waals surface area contributed by atoms with Gasteiger partial charge in [0.15, 0.2) is 11.5 Å². The molecule has 1 aromatic carbocycles. The van der Waals surface area contributed by atoms with Crippen molar-refractivity contribution in [1.82, 2.24) is 15.0 Å². The van der Waals surface area contributed by atoms with Gasteiger partial charge in [0.1, 0.15) is 11.6 Å². The summed E-state index contributed by atoms with van der Waals surface area (Å²) in [6, 6.07) is 16.3. The molecule has 0 amide bonds. The number of hydrogen-bond donors (Lipinski definition) is 1. The van der Waals surface area contributed by atoms with E-state index < -0.39 is 0 Å². The summed E-state index contributed by atoms with van der Waals surface area (Å²) in [4.78, 5) is 14.2. The molecule has 2 aromatic heterocycles. The number of fused-ring (bicyclic) bond motifs is 1. The topological polar surface area (TPSA) is 68.6 Å². The first-order valence-electron chi connectivity index (χ1n) is 7.77. The average Bonchev–Trinajstić information content (AvgIpc) is 3.07. The van der Waals surface area contributed by atoms with Gasteiger partial charge in [0.05, 0.1) is 10.5 Å². The Morgan fingerprint density at radius 2 is 2.08 bits per heavy atom. The van der Waals surface area contributed by atoms with Crippen molar-refractivity contribution in [3.8, 4) is 6.07 Å². The summed E-state index contributed by atoms with van der Waals surface area (Å²) in [7, 11) is 0. The summed E-state index contributed by atoms with van der Waals surface area (Å²) in [6.07, 6.45) is 2.79. The first-order valence-corrected chi connectivity index (χ1v) is 8.76. The Morgan fingerprint density at radius 3 is 2.88 bits per heavy atom. The second kappa shape index (κ2) is 6.38. The number of aromatic amines is 1. The quantitative estimate of drug-likeness (QED) is 0.723. The first-order chi connectivity index (χ1) is 11.9. The predicted molar refractivity (Wildman–Crippen MR) is 97.3 cm³/mol. The molecule has 1 fully saturated rings. The van der Waals surface area contributed by atoms with Crippen molar-refractivity contribution in [2.75, 3.05) is 17.2 Å². The maximum absolute atomic E-state index is 9.79. The molecule has 1 aliphatic heterocycles. The van der Waals surface area contributed by atoms with Gasteiger partial charge in [-0.2, -0.15) is 5.26 Å². The zero-order valence-corrected chi connectivity index (χ0v) is 13.8. The predicted octanol–water partition coefficient (Wildman–Crippen LogP) is 3.79. The van der Waals surface area contributed by atoms with Crippen molar-refractivity contribution >= 4 is 34.2 Å². The molecule has 0 aliphatic carbocycles. The maximum atomic E-state index is 9.79. The number of anilines is 1. The lowest BCUT2D eigenvalue weighted by atomic mass is 10.2. The average molecular weight is 333 g/mol. The third-order valence-electron chi connectivity index (χ3n) is 3.90. The zero-order valence-electron chi connectivity index (χ0n) is 12.9. The van der Waals surface area contributed by atoms with Gasteiger partial charge in [-0.1, -0.05) is 18.2 Å². The molecule has 1 aliphatic rings. The molecule has 0 spiro atoms. The molecule has 0 atom stereocenters. The molecule has 4 rings (SSSR count). The second-order valence-corrected chi connectivity index (χ2v) is 6.52. The highest BCUT2D eigenvalue weighted by Crippen LogP contribution is 2.36. The second-order valence-electron chi connectivity index (χ2n) is 5.44. The van der Waals surface area contributed by atoms with Gasteiger partial charge in [0.2, 0.25) is 0 Å². The lowest BCUT2D eigenvalue weighted by molar-refractivity contribution is 0.864. The molecule has 0 saturated carbocycles. The molecule has 0 unspecified atom stereocenters. The van der Waals surface area contributed by atoms with Gasteiger partial charge in [-0.3, -0.25) is 0 Å². The fourth-order valence-electron chi connectivity index (χ4n) is 2.80. The zero-order chi connectivity index (χ0) is 16.4. The number of hydrogen-bond acceptors (Lipinski definition) is 5. The van der Waals surface area contributed by atoms with Crippen LogP contribution in [0.25, 0.3) is 16.7 Å². The highest BCUT2D eigenvalue weighted by molar-refractivity contribution is 8.03. The van der Waals surface area contributed by atoms with E-state index in [1.165, 1.54) is 0 Å². The van der Waals surface area contributed by atoms with E-state index in [1.807, 2.05) is 30.3 Å². The standard InChI is InChI=1S/C18H15N5S/c19-12-14(16-21-15-8-4-9-20-17(15)22-16)18-23(10-5-11-24-18)13-6-2-1-3-7-13/h1-4,6-9H,5,10-11H2,(H,20,21,22)/b18-14-. The molecule has 5 nitrogen and oxygen atoms in total. The fourth-order valence-corrected chi connectivity index (χ4v) is 3.90. The number of imidazole rings is 1. The van der Waals surface area contributed by atoms with Crippen LogP contribution in [-0.4, -0.2) is 27.2 Å². The van der Waals surface area contributed by atoms with E-state index in [0.717, 1.165) is 35.0 Å². The minimum absolute atomic E-state index is 0.571. The van der Waals surface area contributed by atoms with E-state index in [2.05, 4.69) is 38.1 Å². The fraction of sp³-hybridized carbons (Fsp3) is 0.167. The summed E-state index contributed by atoms with van der Waals surface area (Å²) in [6.45, 7) is 0.899. The Bertz CT molecular complexity index is 906. The molecule has 6 heteroatoms. The van der Waals surface area contributed by atoms with Crippen LogP contribution in [0, 0.1) is 11.3 Å². The van der Waals surface area contributed by atoms with Crippen molar-refractivity contribution < 1.29 is 0 Å². The van der Waals surface area contributed by atoms with Gasteiger partial charge >= 0.3 is 0 Å². The summed E-state index contributed by atoms with van der Waals surface area (Å²) in [5, 5.41) is 10.7. The molecule has 0 radical (unpaired) electrons. The number of aromatic nitrogens is 3. The number of pyridine rings is 1. The van der Waals surface area contributed by atoms with Crippen LogP contribution in [-0.2, 0) is 0 Å². The molecule has 1 N–H and O–H groups in total. The van der Waals surface area contributed by atoms with Crippen molar-refractivity contribution in [3.05, 3.63) is 59.5 Å². The number of thioether (sulfide) groups is 1. The van der Waals surface area contributed by atoms with E-state index >= 15 is 0 Å². The Kier molecular flexibility index (Phi) is 3.93. The lowest BCUT2D eigenvalue weighted by Crippen LogP contribution is -2.27. The van der Waals surface area contributed by atoms with E-state index in [4.69, 9.17) is 0 Å². The largest absolute Gasteiger partial charge is 0.336 e. The number of H-pyrrole nitrogens is 1. The van der Waals surface area contributed by atoms with Crippen molar-refractivity contribution in [1.29, 1.82) is 5.26 Å². The molecule has 3 heterocycles. The molecule has 118 valence electrons. The molecule has 24 heavy (non-hydrogen) atoms. The van der Waals surface area contributed by atoms with Crippen molar-refractivity contribution in [3.63, 3.8) is 0 Å². The number of nitriles is 1. The number of allylic oxidation sites excluding steroid dienone is 1. The van der Waals surface area contributed by atoms with Gasteiger partial charge < -0.3 is 9.88 Å². The molecular weight excluding hydrogens is 318 g/mol. The van der Waals surface area contributed by atoms with Crippen molar-refractivity contribution in [2.24, 2.45) is 0 Å². The van der Waals surface area contributed by atoms with Crippen LogP contribution >= 0.6 is 11.8 Å². The molecule has 0 bridgehead atoms. The van der Waals surface area contributed by atoms with E-state index in [0.29, 0.717) is 17.0 Å². The highest BCUT2D eigenvalue weighted by atomic mass is 32.2. The Morgan fingerprint density at radius 1 is 1.21 bits per heavy atom. The summed E-state index contributed by atoms with van der Waals surface area (Å²) in [5.74, 6) is 1.58. The SMILES string of the molecule is N#C/C(=C1/SCCCN1c1ccccc1)c1nc2ncccc2[nH]1. The number of nitrogens with one attached hydrogen (secondary N) is 1. The van der Waals surface area contributed by atoms with Crippen LogP contribution in [0.2, 0.25) is 0 Å². The molecule has 1 saturated heterocycles. The number of nitrogens with zero attached hydrogens (tertiary/aromatic N) is 4. The van der Waals surface area contributed by atoms with Gasteiger partial charge in [-0.15, -0.1) is 11.8 Å². The molecular formula is C18H15N5S. The summed E-state index contributed by atoms with van der Waals surface area (Å²) >= 11 is 1.71. The smallest absolute Gasteiger partial charge is 0.178 e. The third-order valence-corrected chi connectivity index (χ3v) is 5.09. The Balaban J connectivity index is 1.84. The monoisotopic (exact) mass is 333 g/mol. The van der Waals surface area contributed by atoms with E-state index in [9.17, 15) is 5.26 Å². The third kappa shape index (κ3) is 2.63. The van der Waals surface area contributed by atoms with Gasteiger partial charge in [0, 0.05) is 24.2 Å². The first kappa shape index (κ1) is 14.8. The van der Waals surface area contributed by atoms with Crippen LogP contribution in [0.5, 0.6) is 0 Å². The van der Waals surface area contributed by atoms with Crippen molar-refractivity contribution in [2.45, 2.75) is 6.42 Å². The van der Waals surface area contributed by atoms with E-state index in [1.54, 1.807) is 18.0 Å². The van der Waals surface area contributed by atoms with Crippen LogP contribution < -0.4 is 4.90 Å². The van der Waals surface area contributed by atoms with Gasteiger partial charge in [-0.25, -0.2) is 9.97 Å². The summed E-state index contributed by atoms with van der Waals surface area (Å²) in [5.41, 5.74) is 3.14.